The number of halogens is 3. The third kappa shape index (κ3) is 2.02. The first-order valence-electron chi connectivity index (χ1n) is 5.42. The SMILES string of the molecule is Cc1cc(C(Br)C2CC2(C)C)c(F)cc1F. The molecule has 1 aromatic rings. The van der Waals surface area contributed by atoms with Gasteiger partial charge in [-0.05, 0) is 36.3 Å². The third-order valence-electron chi connectivity index (χ3n) is 3.52. The molecule has 0 amide bonds. The quantitative estimate of drug-likeness (QED) is 0.689. The maximum atomic E-state index is 13.7. The molecule has 0 saturated heterocycles. The molecule has 2 rings (SSSR count). The lowest BCUT2D eigenvalue weighted by atomic mass is 10.0. The summed E-state index contributed by atoms with van der Waals surface area (Å²) < 4.78 is 26.8. The van der Waals surface area contributed by atoms with Crippen LogP contribution in [0.15, 0.2) is 12.1 Å². The molecule has 88 valence electrons. The summed E-state index contributed by atoms with van der Waals surface area (Å²) in [6.07, 6.45) is 1.08. The molecule has 1 fully saturated rings. The van der Waals surface area contributed by atoms with Gasteiger partial charge in [0.2, 0.25) is 0 Å². The Bertz CT molecular complexity index is 426. The molecule has 0 aliphatic heterocycles. The van der Waals surface area contributed by atoms with Crippen molar-refractivity contribution in [3.63, 3.8) is 0 Å². The van der Waals surface area contributed by atoms with Crippen molar-refractivity contribution in [3.05, 3.63) is 34.9 Å². The number of alkyl halides is 1. The van der Waals surface area contributed by atoms with Crippen LogP contribution in [0.4, 0.5) is 8.78 Å². The lowest BCUT2D eigenvalue weighted by Crippen LogP contribution is -2.03. The molecular weight excluding hydrogens is 274 g/mol. The van der Waals surface area contributed by atoms with Crippen LogP contribution in [0.5, 0.6) is 0 Å². The fourth-order valence-corrected chi connectivity index (χ4v) is 3.37. The van der Waals surface area contributed by atoms with E-state index < -0.39 is 11.6 Å². The lowest BCUT2D eigenvalue weighted by Gasteiger charge is -2.14. The van der Waals surface area contributed by atoms with E-state index in [-0.39, 0.29) is 10.2 Å². The normalized spacial score (nSPS) is 24.2. The van der Waals surface area contributed by atoms with Crippen LogP contribution >= 0.6 is 15.9 Å². The van der Waals surface area contributed by atoms with Gasteiger partial charge in [-0.3, -0.25) is 0 Å². The van der Waals surface area contributed by atoms with Crippen LogP contribution in [0.25, 0.3) is 0 Å². The van der Waals surface area contributed by atoms with Crippen molar-refractivity contribution in [2.45, 2.75) is 32.0 Å². The fourth-order valence-electron chi connectivity index (χ4n) is 2.12. The zero-order valence-corrected chi connectivity index (χ0v) is 11.2. The summed E-state index contributed by atoms with van der Waals surface area (Å²) in [7, 11) is 0. The third-order valence-corrected chi connectivity index (χ3v) is 4.65. The van der Waals surface area contributed by atoms with Crippen molar-refractivity contribution in [2.75, 3.05) is 0 Å². The number of hydrogen-bond donors (Lipinski definition) is 0. The molecule has 2 unspecified atom stereocenters. The van der Waals surface area contributed by atoms with Crippen LogP contribution in [0.2, 0.25) is 0 Å². The Labute approximate surface area is 103 Å². The molecule has 16 heavy (non-hydrogen) atoms. The van der Waals surface area contributed by atoms with Crippen molar-refractivity contribution >= 4 is 15.9 Å². The lowest BCUT2D eigenvalue weighted by molar-refractivity contribution is 0.529. The molecule has 3 heteroatoms. The highest BCUT2D eigenvalue weighted by Crippen LogP contribution is 2.60. The maximum absolute atomic E-state index is 13.7. The van der Waals surface area contributed by atoms with Crippen LogP contribution in [0, 0.1) is 29.9 Å². The highest BCUT2D eigenvalue weighted by Gasteiger charge is 2.50. The summed E-state index contributed by atoms with van der Waals surface area (Å²) >= 11 is 3.54. The van der Waals surface area contributed by atoms with Gasteiger partial charge in [-0.2, -0.15) is 0 Å². The predicted octanol–water partition coefficient (Wildman–Crippen LogP) is 4.76. The number of benzene rings is 1. The van der Waals surface area contributed by atoms with Gasteiger partial charge in [-0.25, -0.2) is 8.78 Å². The van der Waals surface area contributed by atoms with Gasteiger partial charge in [0.05, 0.1) is 0 Å². The van der Waals surface area contributed by atoms with E-state index in [1.807, 2.05) is 0 Å². The first kappa shape index (κ1) is 12.0. The Hall–Kier alpha value is -0.440. The van der Waals surface area contributed by atoms with Gasteiger partial charge in [0.25, 0.3) is 0 Å². The van der Waals surface area contributed by atoms with E-state index >= 15 is 0 Å². The topological polar surface area (TPSA) is 0 Å². The molecule has 2 atom stereocenters. The Balaban J connectivity index is 2.31. The summed E-state index contributed by atoms with van der Waals surface area (Å²) in [5.41, 5.74) is 1.34. The molecule has 0 N–H and O–H groups in total. The van der Waals surface area contributed by atoms with Crippen molar-refractivity contribution in [2.24, 2.45) is 11.3 Å². The molecule has 0 nitrogen and oxygen atoms in total. The minimum absolute atomic E-state index is 0.0122. The summed E-state index contributed by atoms with van der Waals surface area (Å²) in [5, 5.41) is 0. The van der Waals surface area contributed by atoms with Crippen LogP contribution < -0.4 is 0 Å². The first-order valence-corrected chi connectivity index (χ1v) is 6.34. The average molecular weight is 289 g/mol. The van der Waals surface area contributed by atoms with E-state index in [1.165, 1.54) is 0 Å². The van der Waals surface area contributed by atoms with Crippen molar-refractivity contribution in [3.8, 4) is 0 Å². The van der Waals surface area contributed by atoms with E-state index in [9.17, 15) is 8.78 Å². The van der Waals surface area contributed by atoms with Gasteiger partial charge in [0.15, 0.2) is 0 Å². The Morgan fingerprint density at radius 2 is 1.88 bits per heavy atom. The summed E-state index contributed by atoms with van der Waals surface area (Å²) in [6, 6.07) is 2.59. The maximum Gasteiger partial charge on any atom is 0.130 e. The van der Waals surface area contributed by atoms with E-state index in [1.54, 1.807) is 13.0 Å². The highest BCUT2D eigenvalue weighted by molar-refractivity contribution is 9.09. The molecule has 0 spiro atoms. The van der Waals surface area contributed by atoms with Gasteiger partial charge in [0.1, 0.15) is 11.6 Å². The molecule has 1 aliphatic carbocycles. The smallest absolute Gasteiger partial charge is 0.130 e. The molecule has 1 aliphatic rings. The second-order valence-electron chi connectivity index (χ2n) is 5.32. The molecule has 1 aromatic carbocycles. The summed E-state index contributed by atoms with van der Waals surface area (Å²) in [4.78, 5) is -0.0122. The monoisotopic (exact) mass is 288 g/mol. The second kappa shape index (κ2) is 3.80. The van der Waals surface area contributed by atoms with Gasteiger partial charge in [0, 0.05) is 16.5 Å². The van der Waals surface area contributed by atoms with Gasteiger partial charge in [-0.1, -0.05) is 29.8 Å². The van der Waals surface area contributed by atoms with Crippen molar-refractivity contribution < 1.29 is 8.78 Å². The Morgan fingerprint density at radius 1 is 1.31 bits per heavy atom. The standard InChI is InChI=1S/C13H15BrF2/c1-7-4-8(11(16)5-10(7)15)12(14)9-6-13(9,2)3/h4-5,9,12H,6H2,1-3H3. The molecule has 0 radical (unpaired) electrons. The van der Waals surface area contributed by atoms with Crippen LogP contribution in [0.1, 0.15) is 36.2 Å². The van der Waals surface area contributed by atoms with Gasteiger partial charge < -0.3 is 0 Å². The molecular formula is C13H15BrF2. The van der Waals surface area contributed by atoms with Crippen LogP contribution in [0.3, 0.4) is 0 Å². The Morgan fingerprint density at radius 3 is 2.38 bits per heavy atom. The number of aryl methyl sites for hydroxylation is 1. The number of rotatable bonds is 2. The summed E-state index contributed by atoms with van der Waals surface area (Å²) in [5.74, 6) is -0.490. The molecule has 0 bridgehead atoms. The summed E-state index contributed by atoms with van der Waals surface area (Å²) in [6.45, 7) is 6.00. The van der Waals surface area contributed by atoms with Crippen molar-refractivity contribution in [1.82, 2.24) is 0 Å². The van der Waals surface area contributed by atoms with E-state index in [2.05, 4.69) is 29.8 Å². The fraction of sp³-hybridized carbons (Fsp3) is 0.538. The molecule has 0 heterocycles. The first-order chi connectivity index (χ1) is 7.33. The molecule has 0 aromatic heterocycles. The van der Waals surface area contributed by atoms with Crippen molar-refractivity contribution in [1.29, 1.82) is 0 Å². The second-order valence-corrected chi connectivity index (χ2v) is 6.31. The minimum atomic E-state index is -0.476. The van der Waals surface area contributed by atoms with Crippen LogP contribution in [-0.2, 0) is 0 Å². The van der Waals surface area contributed by atoms with Crippen LogP contribution in [-0.4, -0.2) is 0 Å². The molecule has 1 saturated carbocycles. The van der Waals surface area contributed by atoms with E-state index in [0.717, 1.165) is 12.5 Å². The zero-order chi connectivity index (χ0) is 12.1. The van der Waals surface area contributed by atoms with Gasteiger partial charge >= 0.3 is 0 Å². The number of hydrogen-bond acceptors (Lipinski definition) is 0. The predicted molar refractivity (Wildman–Crippen MR) is 64.7 cm³/mol. The Kier molecular flexibility index (Phi) is 2.85. The minimum Gasteiger partial charge on any atom is -0.207 e. The average Bonchev–Trinajstić information content (AvgIpc) is 2.80. The van der Waals surface area contributed by atoms with Gasteiger partial charge in [-0.15, -0.1) is 0 Å². The highest BCUT2D eigenvalue weighted by atomic mass is 79.9. The zero-order valence-electron chi connectivity index (χ0n) is 9.65. The van der Waals surface area contributed by atoms with E-state index in [0.29, 0.717) is 17.0 Å². The largest absolute Gasteiger partial charge is 0.207 e. The van der Waals surface area contributed by atoms with E-state index in [4.69, 9.17) is 0 Å².